The zero-order chi connectivity index (χ0) is 28.1. The van der Waals surface area contributed by atoms with Crippen molar-refractivity contribution in [3.8, 4) is 0 Å². The lowest BCUT2D eigenvalue weighted by Crippen LogP contribution is -2.32. The van der Waals surface area contributed by atoms with Crippen LogP contribution in [0.5, 0.6) is 0 Å². The van der Waals surface area contributed by atoms with Crippen molar-refractivity contribution in [2.75, 3.05) is 10.2 Å². The number of imide groups is 1. The van der Waals surface area contributed by atoms with E-state index < -0.39 is 33.8 Å². The van der Waals surface area contributed by atoms with Gasteiger partial charge in [-0.05, 0) is 42.6 Å². The zero-order valence-electron chi connectivity index (χ0n) is 20.8. The topological polar surface area (TPSA) is 132 Å². The Hall–Kier alpha value is -4.07. The number of hydrogen-bond acceptors (Lipinski definition) is 9. The highest BCUT2D eigenvalue weighted by Gasteiger charge is 2.57. The number of aromatic nitrogens is 1. The summed E-state index contributed by atoms with van der Waals surface area (Å²) in [5, 5.41) is 15.4. The van der Waals surface area contributed by atoms with E-state index in [-0.39, 0.29) is 28.7 Å². The third-order valence-corrected chi connectivity index (χ3v) is 10.4. The van der Waals surface area contributed by atoms with Crippen molar-refractivity contribution in [2.24, 2.45) is 5.92 Å². The number of carbonyl (C=O) groups excluding carboxylic acids is 3. The Kier molecular flexibility index (Phi) is 6.64. The van der Waals surface area contributed by atoms with E-state index in [1.807, 2.05) is 36.6 Å². The number of nitro groups is 1. The van der Waals surface area contributed by atoms with Gasteiger partial charge >= 0.3 is 4.87 Å². The first-order valence-electron chi connectivity index (χ1n) is 12.2. The van der Waals surface area contributed by atoms with Crippen LogP contribution in [0.3, 0.4) is 0 Å². The van der Waals surface area contributed by atoms with Crippen LogP contribution >= 0.6 is 34.4 Å². The van der Waals surface area contributed by atoms with Crippen LogP contribution in [-0.4, -0.2) is 32.5 Å². The van der Waals surface area contributed by atoms with Gasteiger partial charge < -0.3 is 5.32 Å². The number of nitrogens with zero attached hydrogens (tertiary/aromatic N) is 3. The third kappa shape index (κ3) is 4.45. The van der Waals surface area contributed by atoms with Crippen molar-refractivity contribution < 1.29 is 19.3 Å². The van der Waals surface area contributed by atoms with Crippen molar-refractivity contribution in [2.45, 2.75) is 29.7 Å². The van der Waals surface area contributed by atoms with E-state index in [0.717, 1.165) is 38.4 Å². The molecule has 1 N–H and O–H groups in total. The van der Waals surface area contributed by atoms with Crippen LogP contribution < -0.4 is 15.1 Å². The molecule has 1 saturated heterocycles. The first-order valence-corrected chi connectivity index (χ1v) is 14.7. The maximum atomic E-state index is 13.8. The first kappa shape index (κ1) is 26.2. The molecule has 0 aliphatic carbocycles. The molecule has 0 spiro atoms. The molecule has 2 aromatic heterocycles. The number of thiazole rings is 1. The van der Waals surface area contributed by atoms with Gasteiger partial charge in [0.15, 0.2) is 0 Å². The fraction of sp³-hybridized carbons (Fsp3) is 0.185. The average molecular weight is 593 g/mol. The second kappa shape index (κ2) is 10.2. The summed E-state index contributed by atoms with van der Waals surface area (Å²) in [6.45, 7) is 1.70. The Morgan fingerprint density at radius 3 is 2.40 bits per heavy atom. The Balaban J connectivity index is 1.36. The van der Waals surface area contributed by atoms with Crippen LogP contribution in [0.25, 0.3) is 0 Å². The Morgan fingerprint density at radius 2 is 1.75 bits per heavy atom. The lowest BCUT2D eigenvalue weighted by molar-refractivity contribution is -0.384. The van der Waals surface area contributed by atoms with Crippen molar-refractivity contribution in [3.05, 3.63) is 101 Å². The van der Waals surface area contributed by atoms with Crippen molar-refractivity contribution >= 4 is 69.2 Å². The number of nitro benzene ring substituents is 1. The molecule has 2 aliphatic heterocycles. The monoisotopic (exact) mass is 592 g/mol. The molecule has 202 valence electrons. The molecular formula is C27H20N4O6S3. The molecule has 2 aliphatic rings. The maximum Gasteiger partial charge on any atom is 0.308 e. The van der Waals surface area contributed by atoms with Gasteiger partial charge in [0.2, 0.25) is 17.7 Å². The van der Waals surface area contributed by atoms with Crippen LogP contribution in [0, 0.1) is 23.0 Å². The van der Waals surface area contributed by atoms with E-state index in [1.165, 1.54) is 40.2 Å². The molecule has 10 nitrogen and oxygen atoms in total. The molecule has 4 heterocycles. The van der Waals surface area contributed by atoms with Gasteiger partial charge in [-0.3, -0.25) is 33.9 Å². The third-order valence-electron chi connectivity index (χ3n) is 6.85. The van der Waals surface area contributed by atoms with Gasteiger partial charge in [-0.2, -0.15) is 0 Å². The van der Waals surface area contributed by atoms with Gasteiger partial charge in [0.1, 0.15) is 11.8 Å². The zero-order valence-corrected chi connectivity index (χ0v) is 23.3. The standard InChI is InChI=1S/C27H20N4O6S3/c1-14-4-6-15(7-5-14)28-19(32)13-29-26-23(40-27(29)35)20(18-3-2-12-38-18)21-22(39-26)25(34)30(24(21)33)16-8-10-17(11-9-16)31(36)37/h2-12,20-22H,13H2,1H3,(H,28,32)/t20-,21?,22?/m1/s1. The Labute approximate surface area is 239 Å². The molecule has 2 aromatic carbocycles. The highest BCUT2D eigenvalue weighted by molar-refractivity contribution is 8.00. The summed E-state index contributed by atoms with van der Waals surface area (Å²) in [6.07, 6.45) is 0. The van der Waals surface area contributed by atoms with Crippen molar-refractivity contribution in [3.63, 3.8) is 0 Å². The molecule has 4 aromatic rings. The van der Waals surface area contributed by atoms with Crippen LogP contribution in [0.1, 0.15) is 21.2 Å². The summed E-state index contributed by atoms with van der Waals surface area (Å²) in [4.78, 5) is 66.3. The normalized spacial score (nSPS) is 19.8. The van der Waals surface area contributed by atoms with E-state index >= 15 is 0 Å². The Morgan fingerprint density at radius 1 is 1.02 bits per heavy atom. The van der Waals surface area contributed by atoms with Crippen LogP contribution in [0.4, 0.5) is 17.1 Å². The highest BCUT2D eigenvalue weighted by atomic mass is 32.2. The molecule has 2 unspecified atom stereocenters. The van der Waals surface area contributed by atoms with Crippen LogP contribution in [0.15, 0.2) is 75.9 Å². The molecule has 0 saturated carbocycles. The summed E-state index contributed by atoms with van der Waals surface area (Å²) in [7, 11) is 0. The fourth-order valence-electron chi connectivity index (χ4n) is 4.99. The summed E-state index contributed by atoms with van der Waals surface area (Å²) >= 11 is 3.54. The molecule has 0 radical (unpaired) electrons. The number of rotatable bonds is 6. The number of benzene rings is 2. The Bertz CT molecular complexity index is 1710. The SMILES string of the molecule is Cc1ccc(NC(=O)Cn2c3c(sc2=O)[C@H](c2cccs2)C2C(=O)N(c4ccc([N+](=O)[O-])cc4)C(=O)C2S3)cc1. The number of carbonyl (C=O) groups is 3. The van der Waals surface area contributed by atoms with Gasteiger partial charge in [0.25, 0.3) is 5.69 Å². The molecule has 3 atom stereocenters. The minimum Gasteiger partial charge on any atom is -0.325 e. The van der Waals surface area contributed by atoms with Gasteiger partial charge in [-0.1, -0.05) is 46.9 Å². The number of amides is 3. The minimum absolute atomic E-state index is 0.152. The van der Waals surface area contributed by atoms with Crippen molar-refractivity contribution in [1.29, 1.82) is 0 Å². The largest absolute Gasteiger partial charge is 0.325 e. The molecule has 0 bridgehead atoms. The number of fused-ring (bicyclic) bond motifs is 2. The molecule has 6 rings (SSSR count). The number of anilines is 2. The molecule has 3 amide bonds. The van der Waals surface area contributed by atoms with Gasteiger partial charge in [0.05, 0.1) is 21.6 Å². The number of thioether (sulfide) groups is 1. The van der Waals surface area contributed by atoms with E-state index in [9.17, 15) is 29.3 Å². The second-order valence-corrected chi connectivity index (χ2v) is 12.5. The molecule has 13 heteroatoms. The predicted molar refractivity (Wildman–Crippen MR) is 153 cm³/mol. The first-order chi connectivity index (χ1) is 19.2. The average Bonchev–Trinajstić information content (AvgIpc) is 3.63. The molecular weight excluding hydrogens is 573 g/mol. The summed E-state index contributed by atoms with van der Waals surface area (Å²) in [6, 6.07) is 16.3. The van der Waals surface area contributed by atoms with Crippen LogP contribution in [0.2, 0.25) is 0 Å². The summed E-state index contributed by atoms with van der Waals surface area (Å²) < 4.78 is 1.37. The van der Waals surface area contributed by atoms with Gasteiger partial charge in [-0.25, -0.2) is 4.90 Å². The number of aryl methyl sites for hydroxylation is 1. The number of non-ortho nitro benzene ring substituents is 1. The van der Waals surface area contributed by atoms with Gasteiger partial charge in [-0.15, -0.1) is 11.3 Å². The number of hydrogen-bond donors (Lipinski definition) is 1. The lowest BCUT2D eigenvalue weighted by Gasteiger charge is -2.29. The second-order valence-electron chi connectivity index (χ2n) is 9.38. The van der Waals surface area contributed by atoms with Gasteiger partial charge in [0, 0.05) is 33.5 Å². The van der Waals surface area contributed by atoms with E-state index in [2.05, 4.69) is 5.32 Å². The fourth-order valence-corrected chi connectivity index (χ4v) is 8.71. The lowest BCUT2D eigenvalue weighted by atomic mass is 9.87. The highest BCUT2D eigenvalue weighted by Crippen LogP contribution is 2.54. The molecule has 40 heavy (non-hydrogen) atoms. The molecule has 1 fully saturated rings. The quantitative estimate of drug-likeness (QED) is 0.196. The number of thiophene rings is 1. The number of nitrogens with one attached hydrogen (secondary N) is 1. The van der Waals surface area contributed by atoms with E-state index in [0.29, 0.717) is 15.6 Å². The summed E-state index contributed by atoms with van der Waals surface area (Å²) in [5.41, 5.74) is 1.75. The van der Waals surface area contributed by atoms with Crippen molar-refractivity contribution in [1.82, 2.24) is 4.57 Å². The maximum absolute atomic E-state index is 13.8. The minimum atomic E-state index is -0.831. The summed E-state index contributed by atoms with van der Waals surface area (Å²) in [5.74, 6) is -2.59. The van der Waals surface area contributed by atoms with E-state index in [1.54, 1.807) is 12.1 Å². The van der Waals surface area contributed by atoms with Crippen LogP contribution in [-0.2, 0) is 20.9 Å². The van der Waals surface area contributed by atoms with E-state index in [4.69, 9.17) is 0 Å². The smallest absolute Gasteiger partial charge is 0.308 e. The predicted octanol–water partition coefficient (Wildman–Crippen LogP) is 4.62.